The second kappa shape index (κ2) is 12.3. The van der Waals surface area contributed by atoms with Gasteiger partial charge in [0.05, 0.1) is 15.5 Å². The van der Waals surface area contributed by atoms with E-state index < -0.39 is 45.2 Å². The Morgan fingerprint density at radius 3 is 2.32 bits per heavy atom. The smallest absolute Gasteiger partial charge is 0.271 e. The summed E-state index contributed by atoms with van der Waals surface area (Å²) in [5.41, 5.74) is -0.361. The number of non-ortho nitro benzene ring substituents is 1. The van der Waals surface area contributed by atoms with Gasteiger partial charge < -0.3 is 10.2 Å². The predicted molar refractivity (Wildman–Crippen MR) is 139 cm³/mol. The fourth-order valence-corrected chi connectivity index (χ4v) is 5.15. The van der Waals surface area contributed by atoms with Crippen molar-refractivity contribution in [3.63, 3.8) is 0 Å². The van der Waals surface area contributed by atoms with Crippen LogP contribution in [0.1, 0.15) is 19.4 Å². The first-order chi connectivity index (χ1) is 18.1. The van der Waals surface area contributed by atoms with Gasteiger partial charge in [0.25, 0.3) is 15.7 Å². The molecule has 0 spiro atoms. The SMILES string of the molecule is CCNC(=O)[C@H](C)N(Cc1ccccc1F)C(=O)CN(c1cccc([N+](=O)[O-])c1)S(=O)(=O)c1ccccc1. The number of nitrogens with zero attached hydrogens (tertiary/aromatic N) is 3. The molecule has 2 amide bonds. The van der Waals surface area contributed by atoms with E-state index in [1.807, 2.05) is 0 Å². The van der Waals surface area contributed by atoms with Crippen molar-refractivity contribution >= 4 is 33.2 Å². The molecule has 0 aliphatic carbocycles. The van der Waals surface area contributed by atoms with E-state index in [2.05, 4.69) is 5.32 Å². The van der Waals surface area contributed by atoms with Crippen LogP contribution in [0.15, 0.2) is 83.8 Å². The van der Waals surface area contributed by atoms with Gasteiger partial charge in [0.2, 0.25) is 11.8 Å². The van der Waals surface area contributed by atoms with Gasteiger partial charge in [-0.15, -0.1) is 0 Å². The summed E-state index contributed by atoms with van der Waals surface area (Å²) in [7, 11) is -4.37. The number of rotatable bonds is 11. The van der Waals surface area contributed by atoms with Crippen LogP contribution in [0, 0.1) is 15.9 Å². The van der Waals surface area contributed by atoms with Gasteiger partial charge >= 0.3 is 0 Å². The lowest BCUT2D eigenvalue weighted by Gasteiger charge is -2.32. The van der Waals surface area contributed by atoms with Gasteiger partial charge in [-0.2, -0.15) is 0 Å². The number of nitro benzene ring substituents is 1. The molecule has 0 unspecified atom stereocenters. The summed E-state index contributed by atoms with van der Waals surface area (Å²) in [6.07, 6.45) is 0. The zero-order chi connectivity index (χ0) is 27.9. The molecule has 1 atom stereocenters. The maximum atomic E-state index is 14.5. The molecule has 0 saturated carbocycles. The van der Waals surface area contributed by atoms with Crippen LogP contribution in [-0.4, -0.2) is 49.2 Å². The monoisotopic (exact) mass is 542 g/mol. The van der Waals surface area contributed by atoms with Crippen molar-refractivity contribution in [2.45, 2.75) is 31.3 Å². The molecule has 3 aromatic carbocycles. The van der Waals surface area contributed by atoms with Gasteiger partial charge in [-0.3, -0.25) is 24.0 Å². The van der Waals surface area contributed by atoms with Gasteiger partial charge in [-0.1, -0.05) is 42.5 Å². The molecule has 0 heterocycles. The summed E-state index contributed by atoms with van der Waals surface area (Å²) in [4.78, 5) is 38.0. The van der Waals surface area contributed by atoms with Crippen molar-refractivity contribution in [3.05, 3.63) is 100 Å². The largest absolute Gasteiger partial charge is 0.355 e. The molecule has 0 aromatic heterocycles. The predicted octanol–water partition coefficient (Wildman–Crippen LogP) is 3.48. The molecule has 0 radical (unpaired) electrons. The Morgan fingerprint density at radius 1 is 1.03 bits per heavy atom. The summed E-state index contributed by atoms with van der Waals surface area (Å²) in [5, 5.41) is 14.0. The average Bonchev–Trinajstić information content (AvgIpc) is 2.91. The number of likely N-dealkylation sites (N-methyl/N-ethyl adjacent to an activating group) is 1. The highest BCUT2D eigenvalue weighted by atomic mass is 32.2. The van der Waals surface area contributed by atoms with Crippen LogP contribution >= 0.6 is 0 Å². The summed E-state index contributed by atoms with van der Waals surface area (Å²) in [6, 6.07) is 16.8. The van der Waals surface area contributed by atoms with Crippen LogP contribution in [0.3, 0.4) is 0 Å². The number of benzene rings is 3. The molecule has 0 bridgehead atoms. The first-order valence-corrected chi connectivity index (χ1v) is 13.1. The molecule has 1 N–H and O–H groups in total. The average molecular weight is 543 g/mol. The van der Waals surface area contributed by atoms with Gasteiger partial charge in [0.1, 0.15) is 18.4 Å². The molecular formula is C26H27FN4O6S. The topological polar surface area (TPSA) is 130 Å². The summed E-state index contributed by atoms with van der Waals surface area (Å²) in [5.74, 6) is -1.91. The van der Waals surface area contributed by atoms with Gasteiger partial charge in [0.15, 0.2) is 0 Å². The minimum atomic E-state index is -4.37. The number of hydrogen-bond donors (Lipinski definition) is 1. The molecular weight excluding hydrogens is 515 g/mol. The van der Waals surface area contributed by atoms with Crippen LogP contribution in [0.4, 0.5) is 15.8 Å². The van der Waals surface area contributed by atoms with Crippen molar-refractivity contribution in [3.8, 4) is 0 Å². The van der Waals surface area contributed by atoms with Crippen LogP contribution in [0.2, 0.25) is 0 Å². The maximum Gasteiger partial charge on any atom is 0.271 e. The lowest BCUT2D eigenvalue weighted by molar-refractivity contribution is -0.384. The molecule has 0 aliphatic heterocycles. The molecule has 200 valence electrons. The zero-order valence-electron chi connectivity index (χ0n) is 20.8. The standard InChI is InChI=1S/C26H27FN4O6S/c1-3-28-26(33)19(2)29(17-20-10-7-8-15-24(20)27)25(32)18-30(21-11-9-12-22(16-21)31(34)35)38(36,37)23-13-5-4-6-14-23/h4-16,19H,3,17-18H2,1-2H3,(H,28,33)/t19-/m0/s1. The van der Waals surface area contributed by atoms with E-state index in [-0.39, 0.29) is 34.9 Å². The zero-order valence-corrected chi connectivity index (χ0v) is 21.6. The maximum absolute atomic E-state index is 14.5. The van der Waals surface area contributed by atoms with E-state index in [4.69, 9.17) is 0 Å². The molecule has 0 saturated heterocycles. The third-order valence-electron chi connectivity index (χ3n) is 5.76. The van der Waals surface area contributed by atoms with E-state index in [1.165, 1.54) is 67.6 Å². The number of anilines is 1. The first kappa shape index (κ1) is 28.3. The number of nitrogens with one attached hydrogen (secondary N) is 1. The van der Waals surface area contributed by atoms with Crippen LogP contribution in [0.25, 0.3) is 0 Å². The van der Waals surface area contributed by atoms with Crippen LogP contribution < -0.4 is 9.62 Å². The Labute approximate surface area is 219 Å². The minimum Gasteiger partial charge on any atom is -0.355 e. The van der Waals surface area contributed by atoms with Gasteiger partial charge in [-0.25, -0.2) is 12.8 Å². The second-order valence-electron chi connectivity index (χ2n) is 8.29. The Morgan fingerprint density at radius 2 is 1.68 bits per heavy atom. The van der Waals surface area contributed by atoms with E-state index in [0.717, 1.165) is 15.3 Å². The Balaban J connectivity index is 2.07. The fraction of sp³-hybridized carbons (Fsp3) is 0.231. The fourth-order valence-electron chi connectivity index (χ4n) is 3.72. The Bertz CT molecular complexity index is 1420. The van der Waals surface area contributed by atoms with E-state index >= 15 is 0 Å². The number of carbonyl (C=O) groups is 2. The van der Waals surface area contributed by atoms with Crippen molar-refractivity contribution in [1.29, 1.82) is 0 Å². The quantitative estimate of drug-likeness (QED) is 0.292. The lowest BCUT2D eigenvalue weighted by Crippen LogP contribution is -2.51. The molecule has 0 fully saturated rings. The van der Waals surface area contributed by atoms with E-state index in [9.17, 15) is 32.5 Å². The van der Waals surface area contributed by atoms with Crippen LogP contribution in [-0.2, 0) is 26.2 Å². The molecule has 12 heteroatoms. The summed E-state index contributed by atoms with van der Waals surface area (Å²) < 4.78 is 42.5. The molecule has 0 aliphatic rings. The van der Waals surface area contributed by atoms with Gasteiger partial charge in [0, 0.05) is 30.8 Å². The highest BCUT2D eigenvalue weighted by Gasteiger charge is 2.33. The van der Waals surface area contributed by atoms with Gasteiger partial charge in [-0.05, 0) is 38.1 Å². The number of amides is 2. The Kier molecular flexibility index (Phi) is 9.13. The minimum absolute atomic E-state index is 0.118. The lowest BCUT2D eigenvalue weighted by atomic mass is 10.1. The first-order valence-electron chi connectivity index (χ1n) is 11.7. The summed E-state index contributed by atoms with van der Waals surface area (Å²) in [6.45, 7) is 2.33. The summed E-state index contributed by atoms with van der Waals surface area (Å²) >= 11 is 0. The van der Waals surface area contributed by atoms with Crippen LogP contribution in [0.5, 0.6) is 0 Å². The number of hydrogen-bond acceptors (Lipinski definition) is 6. The third kappa shape index (κ3) is 6.51. The number of halogens is 1. The number of nitro groups is 1. The third-order valence-corrected chi connectivity index (χ3v) is 7.54. The molecule has 3 aromatic rings. The molecule has 3 rings (SSSR count). The highest BCUT2D eigenvalue weighted by Crippen LogP contribution is 2.27. The van der Waals surface area contributed by atoms with Crippen molar-refractivity contribution in [2.24, 2.45) is 0 Å². The normalized spacial score (nSPS) is 11.9. The molecule has 38 heavy (non-hydrogen) atoms. The second-order valence-corrected chi connectivity index (χ2v) is 10.1. The Hall–Kier alpha value is -4.32. The highest BCUT2D eigenvalue weighted by molar-refractivity contribution is 7.92. The number of sulfonamides is 1. The van der Waals surface area contributed by atoms with E-state index in [0.29, 0.717) is 0 Å². The molecule has 10 nitrogen and oxygen atoms in total. The van der Waals surface area contributed by atoms with Crippen molar-refractivity contribution in [2.75, 3.05) is 17.4 Å². The van der Waals surface area contributed by atoms with Crippen molar-refractivity contribution in [1.82, 2.24) is 10.2 Å². The van der Waals surface area contributed by atoms with E-state index in [1.54, 1.807) is 19.1 Å². The van der Waals surface area contributed by atoms with Crippen molar-refractivity contribution < 1.29 is 27.3 Å². The number of carbonyl (C=O) groups excluding carboxylic acids is 2.